The number of ketones is 1. The third-order valence-electron chi connectivity index (χ3n) is 8.46. The van der Waals surface area contributed by atoms with E-state index < -0.39 is 5.60 Å². The third kappa shape index (κ3) is 1.93. The standard InChI is InChI=1S/C20H30O3/c1-18-8-6-13(21)10-12(18)4-5-14-15-7-9-20(3,23)19(15,2)11-16(22)17(14)18/h10,14-17,22-23H,4-9,11H2,1-3H3/t14-,15+,16?,17-,18-,19-,20?/m0/s1. The summed E-state index contributed by atoms with van der Waals surface area (Å²) in [6.45, 7) is 6.44. The first-order chi connectivity index (χ1) is 10.7. The Kier molecular flexibility index (Phi) is 3.23. The normalized spacial score (nSPS) is 55.7. The lowest BCUT2D eigenvalue weighted by atomic mass is 9.45. The fourth-order valence-electron chi connectivity index (χ4n) is 6.91. The van der Waals surface area contributed by atoms with Crippen molar-refractivity contribution in [3.8, 4) is 0 Å². The minimum atomic E-state index is -0.664. The Hall–Kier alpha value is -0.670. The molecule has 23 heavy (non-hydrogen) atoms. The largest absolute Gasteiger partial charge is 0.393 e. The number of aliphatic hydroxyl groups excluding tert-OH is 1. The molecule has 3 fully saturated rings. The molecule has 4 aliphatic rings. The van der Waals surface area contributed by atoms with Crippen molar-refractivity contribution in [3.63, 3.8) is 0 Å². The van der Waals surface area contributed by atoms with Crippen molar-refractivity contribution in [3.05, 3.63) is 11.6 Å². The zero-order chi connectivity index (χ0) is 16.6. The summed E-state index contributed by atoms with van der Waals surface area (Å²) in [4.78, 5) is 11.8. The summed E-state index contributed by atoms with van der Waals surface area (Å²) in [6, 6.07) is 0. The van der Waals surface area contributed by atoms with Crippen LogP contribution in [0.2, 0.25) is 0 Å². The Morgan fingerprint density at radius 3 is 2.61 bits per heavy atom. The van der Waals surface area contributed by atoms with Gasteiger partial charge in [0.25, 0.3) is 0 Å². The van der Waals surface area contributed by atoms with Gasteiger partial charge in [-0.3, -0.25) is 4.79 Å². The molecule has 0 saturated heterocycles. The minimum absolute atomic E-state index is 0.0218. The van der Waals surface area contributed by atoms with Crippen LogP contribution in [0.5, 0.6) is 0 Å². The monoisotopic (exact) mass is 318 g/mol. The number of rotatable bonds is 0. The van der Waals surface area contributed by atoms with Crippen LogP contribution in [0.25, 0.3) is 0 Å². The molecule has 2 N–H and O–H groups in total. The van der Waals surface area contributed by atoms with Crippen LogP contribution in [-0.4, -0.2) is 27.7 Å². The average molecular weight is 318 g/mol. The summed E-state index contributed by atoms with van der Waals surface area (Å²) in [7, 11) is 0. The maximum Gasteiger partial charge on any atom is 0.155 e. The molecule has 3 nitrogen and oxygen atoms in total. The second-order valence-corrected chi connectivity index (χ2v) is 9.39. The van der Waals surface area contributed by atoms with Gasteiger partial charge >= 0.3 is 0 Å². The minimum Gasteiger partial charge on any atom is -0.393 e. The molecule has 2 unspecified atom stereocenters. The first-order valence-electron chi connectivity index (χ1n) is 9.33. The van der Waals surface area contributed by atoms with Crippen LogP contribution >= 0.6 is 0 Å². The van der Waals surface area contributed by atoms with Crippen molar-refractivity contribution in [2.24, 2.45) is 28.6 Å². The van der Waals surface area contributed by atoms with E-state index in [2.05, 4.69) is 13.8 Å². The van der Waals surface area contributed by atoms with Gasteiger partial charge in [0.1, 0.15) is 0 Å². The molecule has 0 bridgehead atoms. The molecule has 0 amide bonds. The van der Waals surface area contributed by atoms with Gasteiger partial charge in [-0.2, -0.15) is 0 Å². The number of carbonyl (C=O) groups excluding carboxylic acids is 1. The van der Waals surface area contributed by atoms with E-state index in [0.29, 0.717) is 24.7 Å². The second-order valence-electron chi connectivity index (χ2n) is 9.39. The van der Waals surface area contributed by atoms with Crippen molar-refractivity contribution < 1.29 is 15.0 Å². The fourth-order valence-corrected chi connectivity index (χ4v) is 6.91. The van der Waals surface area contributed by atoms with Gasteiger partial charge in [0.05, 0.1) is 11.7 Å². The maximum absolute atomic E-state index is 11.8. The summed E-state index contributed by atoms with van der Waals surface area (Å²) in [5.74, 6) is 1.49. The van der Waals surface area contributed by atoms with Crippen LogP contribution in [0.3, 0.4) is 0 Å². The zero-order valence-electron chi connectivity index (χ0n) is 14.6. The second kappa shape index (κ2) is 4.70. The SMILES string of the molecule is CC1(O)CC[C@@H]2[C@@H]3CCC4=CC(=O)CC[C@]4(C)[C@@H]3C(O)C[C@@]21C. The quantitative estimate of drug-likeness (QED) is 0.721. The molecule has 128 valence electrons. The summed E-state index contributed by atoms with van der Waals surface area (Å²) in [6.07, 6.45) is 7.69. The number of carbonyl (C=O) groups is 1. The third-order valence-corrected chi connectivity index (χ3v) is 8.46. The van der Waals surface area contributed by atoms with Crippen molar-refractivity contribution in [2.75, 3.05) is 0 Å². The number of hydrogen-bond donors (Lipinski definition) is 2. The van der Waals surface area contributed by atoms with Crippen LogP contribution in [0, 0.1) is 28.6 Å². The fraction of sp³-hybridized carbons (Fsp3) is 0.850. The molecule has 0 aliphatic heterocycles. The van der Waals surface area contributed by atoms with Gasteiger partial charge in [-0.05, 0) is 74.7 Å². The van der Waals surface area contributed by atoms with Gasteiger partial charge in [-0.25, -0.2) is 0 Å². The van der Waals surface area contributed by atoms with Crippen molar-refractivity contribution in [1.29, 1.82) is 0 Å². The number of aliphatic hydroxyl groups is 2. The lowest BCUT2D eigenvalue weighted by Gasteiger charge is -2.60. The molecular weight excluding hydrogens is 288 g/mol. The van der Waals surface area contributed by atoms with E-state index >= 15 is 0 Å². The molecule has 0 radical (unpaired) electrons. The molecule has 0 aromatic rings. The molecule has 3 heteroatoms. The summed E-state index contributed by atoms with van der Waals surface area (Å²) >= 11 is 0. The van der Waals surface area contributed by atoms with Crippen LogP contribution in [0.1, 0.15) is 65.7 Å². The Morgan fingerprint density at radius 1 is 1.13 bits per heavy atom. The van der Waals surface area contributed by atoms with E-state index in [1.165, 1.54) is 5.57 Å². The van der Waals surface area contributed by atoms with Gasteiger partial charge in [-0.1, -0.05) is 19.4 Å². The first-order valence-corrected chi connectivity index (χ1v) is 9.33. The van der Waals surface area contributed by atoms with E-state index in [9.17, 15) is 15.0 Å². The molecule has 7 atom stereocenters. The van der Waals surface area contributed by atoms with E-state index in [1.54, 1.807) is 0 Å². The highest BCUT2D eigenvalue weighted by molar-refractivity contribution is 5.91. The van der Waals surface area contributed by atoms with E-state index in [0.717, 1.165) is 32.1 Å². The maximum atomic E-state index is 11.8. The highest BCUT2D eigenvalue weighted by Gasteiger charge is 2.64. The van der Waals surface area contributed by atoms with Gasteiger partial charge in [0.15, 0.2) is 5.78 Å². The van der Waals surface area contributed by atoms with Crippen LogP contribution in [0.15, 0.2) is 11.6 Å². The lowest BCUT2D eigenvalue weighted by Crippen LogP contribution is -2.59. The number of fused-ring (bicyclic) bond motifs is 5. The van der Waals surface area contributed by atoms with Crippen molar-refractivity contribution in [1.82, 2.24) is 0 Å². The van der Waals surface area contributed by atoms with Gasteiger partial charge in [-0.15, -0.1) is 0 Å². The molecule has 4 aliphatic carbocycles. The Bertz CT molecular complexity index is 577. The van der Waals surface area contributed by atoms with Crippen molar-refractivity contribution in [2.45, 2.75) is 77.4 Å². The lowest BCUT2D eigenvalue weighted by molar-refractivity contribution is -0.166. The molecular formula is C20H30O3. The molecule has 0 aromatic carbocycles. The van der Waals surface area contributed by atoms with Crippen molar-refractivity contribution >= 4 is 5.78 Å². The Balaban J connectivity index is 1.75. The predicted molar refractivity (Wildman–Crippen MR) is 88.7 cm³/mol. The molecule has 0 spiro atoms. The van der Waals surface area contributed by atoms with Gasteiger partial charge in [0, 0.05) is 11.8 Å². The highest BCUT2D eigenvalue weighted by atomic mass is 16.3. The van der Waals surface area contributed by atoms with Crippen LogP contribution in [-0.2, 0) is 4.79 Å². The summed E-state index contributed by atoms with van der Waals surface area (Å²) in [5.41, 5.74) is 0.424. The zero-order valence-corrected chi connectivity index (χ0v) is 14.6. The molecule has 4 rings (SSSR count). The molecule has 0 aromatic heterocycles. The highest BCUT2D eigenvalue weighted by Crippen LogP contribution is 2.67. The first kappa shape index (κ1) is 15.8. The summed E-state index contributed by atoms with van der Waals surface area (Å²) in [5, 5.41) is 22.0. The van der Waals surface area contributed by atoms with Crippen LogP contribution in [0.4, 0.5) is 0 Å². The van der Waals surface area contributed by atoms with E-state index in [4.69, 9.17) is 0 Å². The topological polar surface area (TPSA) is 57.5 Å². The van der Waals surface area contributed by atoms with E-state index in [1.807, 2.05) is 13.0 Å². The predicted octanol–water partition coefficient (Wildman–Crippen LogP) is 3.24. The van der Waals surface area contributed by atoms with E-state index in [-0.39, 0.29) is 28.6 Å². The Labute approximate surface area is 139 Å². The average Bonchev–Trinajstić information content (AvgIpc) is 2.69. The smallest absolute Gasteiger partial charge is 0.155 e. The van der Waals surface area contributed by atoms with Gasteiger partial charge in [0.2, 0.25) is 0 Å². The number of allylic oxidation sites excluding steroid dienone is 1. The summed E-state index contributed by atoms with van der Waals surface area (Å²) < 4.78 is 0. The van der Waals surface area contributed by atoms with Gasteiger partial charge < -0.3 is 10.2 Å². The van der Waals surface area contributed by atoms with Crippen LogP contribution < -0.4 is 0 Å². The number of hydrogen-bond acceptors (Lipinski definition) is 3. The molecule has 0 heterocycles. The Morgan fingerprint density at radius 2 is 1.87 bits per heavy atom. The molecule has 3 saturated carbocycles.